The van der Waals surface area contributed by atoms with Gasteiger partial charge in [0.15, 0.2) is 0 Å². The Bertz CT molecular complexity index is 660. The standard InChI is InChI=1S/C17H20O7/c1-16(2)23-13(8-15(20)24-16)9-17(21,10-14(18)19)11-4-6-12(22-3)7-5-11/h4-8,21H,9-10H2,1-3H3,(H,18,19)/t17-/m1/s1. The second-order valence-corrected chi connectivity index (χ2v) is 6.04. The third-order valence-electron chi connectivity index (χ3n) is 3.54. The number of rotatable bonds is 6. The average Bonchev–Trinajstić information content (AvgIpc) is 2.44. The maximum absolute atomic E-state index is 11.6. The zero-order chi connectivity index (χ0) is 18.0. The van der Waals surface area contributed by atoms with E-state index in [2.05, 4.69) is 0 Å². The Balaban J connectivity index is 2.33. The Labute approximate surface area is 139 Å². The molecular formula is C17H20O7. The molecule has 0 radical (unpaired) electrons. The predicted molar refractivity (Wildman–Crippen MR) is 83.1 cm³/mol. The monoisotopic (exact) mass is 336 g/mol. The molecule has 2 N–H and O–H groups in total. The van der Waals surface area contributed by atoms with Gasteiger partial charge in [0, 0.05) is 20.3 Å². The van der Waals surface area contributed by atoms with Crippen molar-refractivity contribution in [1.82, 2.24) is 0 Å². The van der Waals surface area contributed by atoms with E-state index in [0.29, 0.717) is 11.3 Å². The summed E-state index contributed by atoms with van der Waals surface area (Å²) in [5.41, 5.74) is -1.36. The van der Waals surface area contributed by atoms with E-state index in [1.807, 2.05) is 0 Å². The van der Waals surface area contributed by atoms with Crippen molar-refractivity contribution in [3.8, 4) is 5.75 Å². The van der Waals surface area contributed by atoms with Crippen LogP contribution in [0.4, 0.5) is 0 Å². The van der Waals surface area contributed by atoms with Gasteiger partial charge in [0.05, 0.1) is 19.6 Å². The Morgan fingerprint density at radius 2 is 1.88 bits per heavy atom. The molecule has 0 amide bonds. The van der Waals surface area contributed by atoms with Crippen LogP contribution in [0.1, 0.15) is 32.3 Å². The van der Waals surface area contributed by atoms with Gasteiger partial charge in [-0.25, -0.2) is 4.79 Å². The lowest BCUT2D eigenvalue weighted by molar-refractivity contribution is -0.208. The fraction of sp³-hybridized carbons (Fsp3) is 0.412. The van der Waals surface area contributed by atoms with Crippen molar-refractivity contribution in [3.05, 3.63) is 41.7 Å². The van der Waals surface area contributed by atoms with Crippen LogP contribution in [0, 0.1) is 0 Å². The molecular weight excluding hydrogens is 316 g/mol. The van der Waals surface area contributed by atoms with Gasteiger partial charge < -0.3 is 24.4 Å². The molecule has 2 rings (SSSR count). The fourth-order valence-corrected chi connectivity index (χ4v) is 2.56. The Morgan fingerprint density at radius 1 is 1.25 bits per heavy atom. The summed E-state index contributed by atoms with van der Waals surface area (Å²) < 4.78 is 15.6. The number of cyclic esters (lactones) is 1. The van der Waals surface area contributed by atoms with Crippen LogP contribution in [0.3, 0.4) is 0 Å². The number of carboxylic acid groups (broad SMARTS) is 1. The van der Waals surface area contributed by atoms with E-state index in [1.54, 1.807) is 38.1 Å². The largest absolute Gasteiger partial charge is 0.497 e. The summed E-state index contributed by atoms with van der Waals surface area (Å²) in [7, 11) is 1.51. The number of carboxylic acids is 1. The van der Waals surface area contributed by atoms with Gasteiger partial charge in [-0.15, -0.1) is 0 Å². The molecule has 1 atom stereocenters. The van der Waals surface area contributed by atoms with Crippen molar-refractivity contribution in [2.24, 2.45) is 0 Å². The van der Waals surface area contributed by atoms with E-state index in [0.717, 1.165) is 6.08 Å². The van der Waals surface area contributed by atoms with Crippen molar-refractivity contribution >= 4 is 11.9 Å². The number of carbonyl (C=O) groups excluding carboxylic acids is 1. The summed E-state index contributed by atoms with van der Waals surface area (Å²) in [5.74, 6) is -2.21. The molecule has 1 aliphatic rings. The van der Waals surface area contributed by atoms with Crippen LogP contribution in [-0.2, 0) is 24.7 Å². The van der Waals surface area contributed by atoms with Crippen molar-refractivity contribution in [1.29, 1.82) is 0 Å². The second kappa shape index (κ2) is 6.52. The molecule has 7 nitrogen and oxygen atoms in total. The van der Waals surface area contributed by atoms with Crippen molar-refractivity contribution < 1.29 is 34.0 Å². The van der Waals surface area contributed by atoms with Crippen molar-refractivity contribution in [2.75, 3.05) is 7.11 Å². The molecule has 0 spiro atoms. The summed E-state index contributed by atoms with van der Waals surface area (Å²) in [6.45, 7) is 3.11. The lowest BCUT2D eigenvalue weighted by atomic mass is 9.86. The lowest BCUT2D eigenvalue weighted by Gasteiger charge is -2.34. The van der Waals surface area contributed by atoms with Gasteiger partial charge >= 0.3 is 11.9 Å². The minimum absolute atomic E-state index is 0.163. The summed E-state index contributed by atoms with van der Waals surface area (Å²) >= 11 is 0. The number of benzene rings is 1. The van der Waals surface area contributed by atoms with Crippen LogP contribution in [-0.4, -0.2) is 35.0 Å². The first-order valence-electron chi connectivity index (χ1n) is 7.35. The number of esters is 1. The van der Waals surface area contributed by atoms with Gasteiger partial charge in [-0.3, -0.25) is 4.79 Å². The predicted octanol–water partition coefficient (Wildman–Crippen LogP) is 1.94. The van der Waals surface area contributed by atoms with Gasteiger partial charge in [0.25, 0.3) is 0 Å². The van der Waals surface area contributed by atoms with Crippen LogP contribution in [0.5, 0.6) is 5.75 Å². The van der Waals surface area contributed by atoms with Gasteiger partial charge in [0.2, 0.25) is 5.79 Å². The molecule has 7 heteroatoms. The minimum Gasteiger partial charge on any atom is -0.497 e. The van der Waals surface area contributed by atoms with Crippen LogP contribution in [0.15, 0.2) is 36.1 Å². The number of aliphatic hydroxyl groups is 1. The molecule has 0 bridgehead atoms. The number of hydrogen-bond acceptors (Lipinski definition) is 6. The normalized spacial score (nSPS) is 18.7. The first kappa shape index (κ1) is 17.8. The highest BCUT2D eigenvalue weighted by Crippen LogP contribution is 2.36. The fourth-order valence-electron chi connectivity index (χ4n) is 2.56. The van der Waals surface area contributed by atoms with Crippen LogP contribution in [0.2, 0.25) is 0 Å². The van der Waals surface area contributed by atoms with Crippen molar-refractivity contribution in [3.63, 3.8) is 0 Å². The molecule has 0 fully saturated rings. The molecule has 1 aromatic rings. The quantitative estimate of drug-likeness (QED) is 0.765. The van der Waals surface area contributed by atoms with E-state index in [1.165, 1.54) is 7.11 Å². The highest BCUT2D eigenvalue weighted by molar-refractivity contribution is 5.83. The Hall–Kier alpha value is -2.54. The zero-order valence-electron chi connectivity index (χ0n) is 13.7. The first-order chi connectivity index (χ1) is 11.1. The maximum Gasteiger partial charge on any atom is 0.337 e. The van der Waals surface area contributed by atoms with E-state index in [-0.39, 0.29) is 12.2 Å². The zero-order valence-corrected chi connectivity index (χ0v) is 13.7. The van der Waals surface area contributed by atoms with Gasteiger partial charge in [-0.05, 0) is 17.7 Å². The Morgan fingerprint density at radius 3 is 2.38 bits per heavy atom. The lowest BCUT2D eigenvalue weighted by Crippen LogP contribution is -2.37. The molecule has 24 heavy (non-hydrogen) atoms. The summed E-state index contributed by atoms with van der Waals surface area (Å²) in [4.78, 5) is 22.8. The highest BCUT2D eigenvalue weighted by atomic mass is 16.7. The summed E-state index contributed by atoms with van der Waals surface area (Å²) in [6.07, 6.45) is 0.390. The van der Waals surface area contributed by atoms with E-state index < -0.39 is 29.7 Å². The second-order valence-electron chi connectivity index (χ2n) is 6.04. The molecule has 0 saturated heterocycles. The maximum atomic E-state index is 11.6. The van der Waals surface area contributed by atoms with Gasteiger partial charge in [-0.1, -0.05) is 12.1 Å². The van der Waals surface area contributed by atoms with E-state index >= 15 is 0 Å². The van der Waals surface area contributed by atoms with Crippen LogP contribution < -0.4 is 4.74 Å². The topological polar surface area (TPSA) is 102 Å². The molecule has 0 unspecified atom stereocenters. The molecule has 0 aromatic heterocycles. The highest BCUT2D eigenvalue weighted by Gasteiger charge is 2.38. The van der Waals surface area contributed by atoms with E-state index in [9.17, 15) is 14.7 Å². The summed E-state index contributed by atoms with van der Waals surface area (Å²) in [6, 6.07) is 6.40. The van der Waals surface area contributed by atoms with E-state index in [4.69, 9.17) is 19.3 Å². The molecule has 1 aliphatic heterocycles. The Kier molecular flexibility index (Phi) is 4.84. The van der Waals surface area contributed by atoms with Gasteiger partial charge in [-0.2, -0.15) is 0 Å². The molecule has 1 heterocycles. The number of ether oxygens (including phenoxy) is 3. The number of aliphatic carboxylic acids is 1. The third-order valence-corrected chi connectivity index (χ3v) is 3.54. The third kappa shape index (κ3) is 4.26. The first-order valence-corrected chi connectivity index (χ1v) is 7.35. The number of carbonyl (C=O) groups is 2. The smallest absolute Gasteiger partial charge is 0.337 e. The molecule has 0 saturated carbocycles. The number of hydrogen-bond donors (Lipinski definition) is 2. The van der Waals surface area contributed by atoms with Crippen LogP contribution in [0.25, 0.3) is 0 Å². The summed E-state index contributed by atoms with van der Waals surface area (Å²) in [5, 5.41) is 20.1. The average molecular weight is 336 g/mol. The van der Waals surface area contributed by atoms with Crippen molar-refractivity contribution in [2.45, 2.75) is 38.1 Å². The molecule has 0 aliphatic carbocycles. The minimum atomic E-state index is -1.74. The van der Waals surface area contributed by atoms with Gasteiger partial charge in [0.1, 0.15) is 17.1 Å². The molecule has 130 valence electrons. The SMILES string of the molecule is COc1ccc([C@](O)(CC(=O)O)CC2=CC(=O)OC(C)(C)O2)cc1. The van der Waals surface area contributed by atoms with Crippen LogP contribution >= 0.6 is 0 Å². The molecule has 1 aromatic carbocycles. The number of methoxy groups -OCH3 is 1.